The number of hydrogen-bond donors (Lipinski definition) is 3. The van der Waals surface area contributed by atoms with Crippen LogP contribution < -0.4 is 25.5 Å². The van der Waals surface area contributed by atoms with E-state index in [1.165, 1.54) is 6.26 Å². The lowest BCUT2D eigenvalue weighted by molar-refractivity contribution is 0.399. The van der Waals surface area contributed by atoms with Crippen LogP contribution in [0.3, 0.4) is 0 Å². The molecule has 0 aliphatic heterocycles. The average Bonchev–Trinajstić information content (AvgIpc) is 2.96. The summed E-state index contributed by atoms with van der Waals surface area (Å²) in [4.78, 5) is 9.44. The normalized spacial score (nSPS) is 11.6. The molecule has 4 rings (SSSR count). The van der Waals surface area contributed by atoms with Gasteiger partial charge in [-0.05, 0) is 66.9 Å². The molecule has 0 radical (unpaired) electrons. The van der Waals surface area contributed by atoms with Gasteiger partial charge in [-0.2, -0.15) is 15.1 Å². The monoisotopic (exact) mass is 560 g/mol. The van der Waals surface area contributed by atoms with Gasteiger partial charge in [0.25, 0.3) is 0 Å². The van der Waals surface area contributed by atoms with Gasteiger partial charge >= 0.3 is 0 Å². The van der Waals surface area contributed by atoms with Crippen molar-refractivity contribution in [2.24, 2.45) is 5.10 Å². The van der Waals surface area contributed by atoms with E-state index in [9.17, 15) is 8.42 Å². The van der Waals surface area contributed by atoms with E-state index in [0.29, 0.717) is 36.3 Å². The minimum Gasteiger partial charge on any atom is -0.497 e. The number of para-hydroxylation sites is 1. The first-order valence-electron chi connectivity index (χ1n) is 12.5. The van der Waals surface area contributed by atoms with Crippen molar-refractivity contribution >= 4 is 38.8 Å². The number of hydrogen-bond acceptors (Lipinski definition) is 10. The molecule has 3 N–H and O–H groups in total. The van der Waals surface area contributed by atoms with Crippen molar-refractivity contribution in [2.45, 2.75) is 18.2 Å². The molecule has 0 bridgehead atoms. The van der Waals surface area contributed by atoms with Crippen molar-refractivity contribution in [1.82, 2.24) is 9.97 Å². The van der Waals surface area contributed by atoms with Crippen molar-refractivity contribution in [3.05, 3.63) is 90.0 Å². The van der Waals surface area contributed by atoms with E-state index < -0.39 is 9.84 Å². The lowest BCUT2D eigenvalue weighted by Gasteiger charge is -2.13. The molecule has 208 valence electrons. The van der Waals surface area contributed by atoms with Crippen molar-refractivity contribution in [2.75, 3.05) is 43.1 Å². The average molecular weight is 561 g/mol. The Morgan fingerprint density at radius 3 is 2.30 bits per heavy atom. The Labute approximate surface area is 234 Å². The summed E-state index contributed by atoms with van der Waals surface area (Å²) >= 11 is 0. The molecule has 0 atom stereocenters. The maximum Gasteiger partial charge on any atom is 0.231 e. The first-order chi connectivity index (χ1) is 19.2. The number of sulfone groups is 1. The molecule has 10 nitrogen and oxygen atoms in total. The molecule has 0 aliphatic rings. The highest BCUT2D eigenvalue weighted by Crippen LogP contribution is 2.25. The Balaban J connectivity index is 1.53. The molecule has 3 aromatic carbocycles. The third kappa shape index (κ3) is 7.70. The Bertz CT molecular complexity index is 1580. The number of hydrazone groups is 1. The van der Waals surface area contributed by atoms with Crippen molar-refractivity contribution in [3.8, 4) is 11.5 Å². The Morgan fingerprint density at radius 1 is 0.900 bits per heavy atom. The molecular formula is C29H32N6O4S. The number of methoxy groups -OCH3 is 2. The van der Waals surface area contributed by atoms with Gasteiger partial charge in [-0.1, -0.05) is 30.3 Å². The van der Waals surface area contributed by atoms with Crippen LogP contribution in [0.15, 0.2) is 88.9 Å². The van der Waals surface area contributed by atoms with Gasteiger partial charge in [-0.25, -0.2) is 8.42 Å². The molecule has 0 aliphatic carbocycles. The van der Waals surface area contributed by atoms with Crippen LogP contribution in [0.4, 0.5) is 23.3 Å². The summed E-state index contributed by atoms with van der Waals surface area (Å²) in [5, 5.41) is 11.0. The Morgan fingerprint density at radius 2 is 1.62 bits per heavy atom. The van der Waals surface area contributed by atoms with E-state index in [2.05, 4.69) is 31.1 Å². The highest BCUT2D eigenvalue weighted by molar-refractivity contribution is 7.90. The Kier molecular flexibility index (Phi) is 9.18. The lowest BCUT2D eigenvalue weighted by Crippen LogP contribution is -2.10. The third-order valence-corrected chi connectivity index (χ3v) is 7.11. The fourth-order valence-corrected chi connectivity index (χ4v) is 4.48. The predicted molar refractivity (Wildman–Crippen MR) is 159 cm³/mol. The molecule has 0 fully saturated rings. The largest absolute Gasteiger partial charge is 0.497 e. The minimum atomic E-state index is -3.27. The number of rotatable bonds is 12. The van der Waals surface area contributed by atoms with Crippen LogP contribution in [0.5, 0.6) is 11.5 Å². The molecule has 0 unspecified atom stereocenters. The highest BCUT2D eigenvalue weighted by atomic mass is 32.2. The lowest BCUT2D eigenvalue weighted by atomic mass is 10.1. The fraction of sp³-hybridized carbons (Fsp3) is 0.207. The van der Waals surface area contributed by atoms with E-state index in [4.69, 9.17) is 9.47 Å². The molecule has 1 aromatic heterocycles. The molecule has 11 heteroatoms. The molecule has 0 saturated heterocycles. The van der Waals surface area contributed by atoms with Gasteiger partial charge in [0, 0.05) is 24.6 Å². The SMILES string of the molecule is COc1ccc(OC)c(CCNc2cc(NN=C(C)c3ccc(S(C)(=O)=O)cc3)nc(Nc3ccccc3)n2)c1. The van der Waals surface area contributed by atoms with Crippen molar-refractivity contribution < 1.29 is 17.9 Å². The van der Waals surface area contributed by atoms with E-state index in [1.807, 2.05) is 55.5 Å². The zero-order chi connectivity index (χ0) is 28.5. The topological polar surface area (TPSA) is 127 Å². The number of benzene rings is 3. The standard InChI is InChI=1S/C29H32N6O4S/c1-20(21-10-13-25(14-11-21)40(4,36)37)34-35-28-19-27(32-29(33-28)31-23-8-6-5-7-9-23)30-17-16-22-18-24(38-2)12-15-26(22)39-3/h5-15,18-19H,16-17H2,1-4H3,(H3,30,31,32,33,35). The second-order valence-electron chi connectivity index (χ2n) is 8.91. The molecule has 0 amide bonds. The van der Waals surface area contributed by atoms with Gasteiger partial charge in [0.2, 0.25) is 5.95 Å². The predicted octanol–water partition coefficient (Wildman–Crippen LogP) is 5.13. The number of nitrogens with zero attached hydrogens (tertiary/aromatic N) is 3. The minimum absolute atomic E-state index is 0.256. The number of anilines is 4. The van der Waals surface area contributed by atoms with Crippen LogP contribution in [-0.2, 0) is 16.3 Å². The Hall–Kier alpha value is -4.64. The number of nitrogens with one attached hydrogen (secondary N) is 3. The van der Waals surface area contributed by atoms with Gasteiger partial charge in [0.15, 0.2) is 15.7 Å². The number of ether oxygens (including phenoxy) is 2. The second kappa shape index (κ2) is 12.9. The molecule has 1 heterocycles. The van der Waals surface area contributed by atoms with E-state index in [-0.39, 0.29) is 4.90 Å². The smallest absolute Gasteiger partial charge is 0.231 e. The van der Waals surface area contributed by atoms with E-state index >= 15 is 0 Å². The van der Waals surface area contributed by atoms with Crippen LogP contribution in [0.2, 0.25) is 0 Å². The summed E-state index contributed by atoms with van der Waals surface area (Å²) in [7, 11) is 0.00965. The fourth-order valence-electron chi connectivity index (χ4n) is 3.85. The third-order valence-electron chi connectivity index (χ3n) is 5.98. The van der Waals surface area contributed by atoms with E-state index in [0.717, 1.165) is 28.3 Å². The summed E-state index contributed by atoms with van der Waals surface area (Å²) in [6.07, 6.45) is 1.86. The van der Waals surface area contributed by atoms with Gasteiger partial charge in [-0.15, -0.1) is 0 Å². The van der Waals surface area contributed by atoms with Crippen LogP contribution in [0.25, 0.3) is 0 Å². The summed E-state index contributed by atoms with van der Waals surface area (Å²) in [5.74, 6) is 3.01. The zero-order valence-corrected chi connectivity index (χ0v) is 23.6. The quantitative estimate of drug-likeness (QED) is 0.160. The molecule has 0 saturated carbocycles. The maximum absolute atomic E-state index is 11.8. The van der Waals surface area contributed by atoms with Crippen LogP contribution in [0.1, 0.15) is 18.1 Å². The molecular weight excluding hydrogens is 528 g/mol. The van der Waals surface area contributed by atoms with Crippen molar-refractivity contribution in [3.63, 3.8) is 0 Å². The summed E-state index contributed by atoms with van der Waals surface area (Å²) in [5.41, 5.74) is 6.29. The second-order valence-corrected chi connectivity index (χ2v) is 10.9. The van der Waals surface area contributed by atoms with Gasteiger partial charge in [0.05, 0.1) is 24.8 Å². The van der Waals surface area contributed by atoms with Gasteiger partial charge in [0.1, 0.15) is 17.3 Å². The maximum atomic E-state index is 11.8. The summed E-state index contributed by atoms with van der Waals surface area (Å²) in [6.45, 7) is 2.41. The zero-order valence-electron chi connectivity index (χ0n) is 22.8. The van der Waals surface area contributed by atoms with Crippen LogP contribution in [0, 0.1) is 0 Å². The van der Waals surface area contributed by atoms with E-state index in [1.54, 1.807) is 44.6 Å². The van der Waals surface area contributed by atoms with Crippen LogP contribution >= 0.6 is 0 Å². The molecule has 4 aromatic rings. The van der Waals surface area contributed by atoms with Crippen LogP contribution in [-0.4, -0.2) is 51.1 Å². The summed E-state index contributed by atoms with van der Waals surface area (Å²) < 4.78 is 34.4. The van der Waals surface area contributed by atoms with Gasteiger partial charge in [-0.3, -0.25) is 5.43 Å². The van der Waals surface area contributed by atoms with Gasteiger partial charge < -0.3 is 20.1 Å². The first kappa shape index (κ1) is 28.4. The molecule has 40 heavy (non-hydrogen) atoms. The first-order valence-corrected chi connectivity index (χ1v) is 14.4. The highest BCUT2D eigenvalue weighted by Gasteiger charge is 2.10. The van der Waals surface area contributed by atoms with Crippen molar-refractivity contribution in [1.29, 1.82) is 0 Å². The summed E-state index contributed by atoms with van der Waals surface area (Å²) in [6, 6.07) is 23.7. The number of aromatic nitrogens is 2. The molecule has 0 spiro atoms.